The highest BCUT2D eigenvalue weighted by molar-refractivity contribution is 5.85. The summed E-state index contributed by atoms with van der Waals surface area (Å²) in [5.74, 6) is 0.864. The molecule has 0 bridgehead atoms. The molecule has 0 amide bonds. The lowest BCUT2D eigenvalue weighted by atomic mass is 10.1. The average molecular weight is 233 g/mol. The lowest BCUT2D eigenvalue weighted by Crippen LogP contribution is -1.96. The van der Waals surface area contributed by atoms with Gasteiger partial charge in [0.1, 0.15) is 5.75 Å². The van der Waals surface area contributed by atoms with E-state index in [1.807, 2.05) is 31.3 Å². The highest BCUT2D eigenvalue weighted by atomic mass is 16.5. The van der Waals surface area contributed by atoms with Crippen molar-refractivity contribution >= 4 is 10.9 Å². The average Bonchev–Trinajstić information content (AvgIpc) is 2.78. The Morgan fingerprint density at radius 1 is 1.35 bits per heavy atom. The summed E-state index contributed by atoms with van der Waals surface area (Å²) in [6, 6.07) is 5.94. The van der Waals surface area contributed by atoms with Crippen molar-refractivity contribution in [2.75, 3.05) is 6.61 Å². The number of aromatic nitrogens is 1. The molecule has 1 atom stereocenters. The van der Waals surface area contributed by atoms with E-state index in [1.165, 1.54) is 0 Å². The van der Waals surface area contributed by atoms with Gasteiger partial charge in [-0.1, -0.05) is 13.8 Å². The highest BCUT2D eigenvalue weighted by Gasteiger charge is 2.11. The second-order valence-corrected chi connectivity index (χ2v) is 4.22. The van der Waals surface area contributed by atoms with E-state index in [-0.39, 0.29) is 0 Å². The number of H-pyrrole nitrogens is 1. The molecule has 0 spiro atoms. The van der Waals surface area contributed by atoms with E-state index in [1.54, 1.807) is 0 Å². The molecule has 1 heterocycles. The van der Waals surface area contributed by atoms with Gasteiger partial charge in [-0.2, -0.15) is 0 Å². The largest absolute Gasteiger partial charge is 0.494 e. The van der Waals surface area contributed by atoms with E-state index in [0.29, 0.717) is 6.42 Å². The Balaban J connectivity index is 2.36. The standard InChI is InChI=1S/C14H19NO2/c1-3-7-17-10-5-6-13-11(8-10)12(9-15-13)14(16)4-2/h5-6,8-9,14-16H,3-4,7H2,1-2H3/t14-/m0/s1. The third-order valence-corrected chi connectivity index (χ3v) is 2.90. The fourth-order valence-corrected chi connectivity index (χ4v) is 1.93. The van der Waals surface area contributed by atoms with Gasteiger partial charge in [-0.3, -0.25) is 0 Å². The number of hydrogen-bond donors (Lipinski definition) is 2. The van der Waals surface area contributed by atoms with Crippen LogP contribution in [-0.4, -0.2) is 16.7 Å². The number of nitrogens with one attached hydrogen (secondary N) is 1. The lowest BCUT2D eigenvalue weighted by Gasteiger charge is -2.08. The first kappa shape index (κ1) is 12.0. The van der Waals surface area contributed by atoms with E-state index < -0.39 is 6.10 Å². The maximum Gasteiger partial charge on any atom is 0.120 e. The molecular formula is C14H19NO2. The van der Waals surface area contributed by atoms with Crippen LogP contribution < -0.4 is 4.74 Å². The lowest BCUT2D eigenvalue weighted by molar-refractivity contribution is 0.175. The van der Waals surface area contributed by atoms with Gasteiger partial charge in [0, 0.05) is 22.7 Å². The monoisotopic (exact) mass is 233 g/mol. The molecule has 0 radical (unpaired) electrons. The van der Waals surface area contributed by atoms with Crippen LogP contribution in [0.5, 0.6) is 5.75 Å². The molecule has 0 aliphatic rings. The first-order valence-corrected chi connectivity index (χ1v) is 6.18. The summed E-state index contributed by atoms with van der Waals surface area (Å²) in [4.78, 5) is 3.17. The van der Waals surface area contributed by atoms with Crippen LogP contribution in [0.2, 0.25) is 0 Å². The van der Waals surface area contributed by atoms with Gasteiger partial charge >= 0.3 is 0 Å². The molecule has 1 aromatic carbocycles. The molecule has 2 rings (SSSR count). The van der Waals surface area contributed by atoms with Gasteiger partial charge in [-0.15, -0.1) is 0 Å². The third-order valence-electron chi connectivity index (χ3n) is 2.90. The summed E-state index contributed by atoms with van der Waals surface area (Å²) < 4.78 is 5.61. The Kier molecular flexibility index (Phi) is 3.69. The molecule has 17 heavy (non-hydrogen) atoms. The van der Waals surface area contributed by atoms with Gasteiger partial charge in [0.05, 0.1) is 12.7 Å². The van der Waals surface area contributed by atoms with Crippen LogP contribution in [0.4, 0.5) is 0 Å². The fraction of sp³-hybridized carbons (Fsp3) is 0.429. The number of rotatable bonds is 5. The zero-order valence-corrected chi connectivity index (χ0v) is 10.4. The zero-order valence-electron chi connectivity index (χ0n) is 10.4. The third kappa shape index (κ3) is 2.44. The number of aromatic amines is 1. The van der Waals surface area contributed by atoms with E-state index in [0.717, 1.165) is 35.2 Å². The summed E-state index contributed by atoms with van der Waals surface area (Å²) in [6.07, 6.45) is 3.18. The van der Waals surface area contributed by atoms with Crippen molar-refractivity contribution in [1.29, 1.82) is 0 Å². The predicted octanol–water partition coefficient (Wildman–Crippen LogP) is 3.40. The van der Waals surface area contributed by atoms with E-state index in [2.05, 4.69) is 11.9 Å². The maximum absolute atomic E-state index is 9.92. The first-order chi connectivity index (χ1) is 8.26. The minimum Gasteiger partial charge on any atom is -0.494 e. The normalized spacial score (nSPS) is 12.9. The molecule has 0 unspecified atom stereocenters. The Morgan fingerprint density at radius 2 is 2.18 bits per heavy atom. The summed E-state index contributed by atoms with van der Waals surface area (Å²) in [5, 5.41) is 11.0. The Bertz CT molecular complexity index is 490. The van der Waals surface area contributed by atoms with E-state index >= 15 is 0 Å². The van der Waals surface area contributed by atoms with Crippen LogP contribution >= 0.6 is 0 Å². The maximum atomic E-state index is 9.92. The summed E-state index contributed by atoms with van der Waals surface area (Å²) in [6.45, 7) is 4.78. The van der Waals surface area contributed by atoms with Crippen LogP contribution in [-0.2, 0) is 0 Å². The van der Waals surface area contributed by atoms with Gasteiger partial charge in [0.2, 0.25) is 0 Å². The minimum absolute atomic E-state index is 0.412. The molecule has 92 valence electrons. The van der Waals surface area contributed by atoms with Gasteiger partial charge in [0.25, 0.3) is 0 Å². The molecule has 0 fully saturated rings. The number of aliphatic hydroxyl groups excluding tert-OH is 1. The second-order valence-electron chi connectivity index (χ2n) is 4.22. The second kappa shape index (κ2) is 5.23. The zero-order chi connectivity index (χ0) is 12.3. The topological polar surface area (TPSA) is 45.2 Å². The predicted molar refractivity (Wildman–Crippen MR) is 69.3 cm³/mol. The summed E-state index contributed by atoms with van der Waals surface area (Å²) >= 11 is 0. The van der Waals surface area contributed by atoms with Gasteiger partial charge in [0.15, 0.2) is 0 Å². The van der Waals surface area contributed by atoms with Crippen molar-refractivity contribution in [3.63, 3.8) is 0 Å². The number of benzene rings is 1. The van der Waals surface area contributed by atoms with Gasteiger partial charge in [-0.25, -0.2) is 0 Å². The van der Waals surface area contributed by atoms with E-state index in [4.69, 9.17) is 4.74 Å². The molecule has 2 N–H and O–H groups in total. The van der Waals surface area contributed by atoms with Gasteiger partial charge in [-0.05, 0) is 31.0 Å². The van der Waals surface area contributed by atoms with Crippen molar-refractivity contribution < 1.29 is 9.84 Å². The van der Waals surface area contributed by atoms with Crippen molar-refractivity contribution in [2.45, 2.75) is 32.8 Å². The summed E-state index contributed by atoms with van der Waals surface area (Å²) in [7, 11) is 0. The molecular weight excluding hydrogens is 214 g/mol. The Hall–Kier alpha value is -1.48. The highest BCUT2D eigenvalue weighted by Crippen LogP contribution is 2.29. The number of aliphatic hydroxyl groups is 1. The van der Waals surface area contributed by atoms with Crippen molar-refractivity contribution in [3.8, 4) is 5.75 Å². The van der Waals surface area contributed by atoms with Crippen molar-refractivity contribution in [1.82, 2.24) is 4.98 Å². The molecule has 0 aliphatic carbocycles. The molecule has 0 aliphatic heterocycles. The van der Waals surface area contributed by atoms with Crippen molar-refractivity contribution in [2.24, 2.45) is 0 Å². The van der Waals surface area contributed by atoms with Crippen LogP contribution in [0.25, 0.3) is 10.9 Å². The number of ether oxygens (including phenoxy) is 1. The molecule has 2 aromatic rings. The molecule has 1 aromatic heterocycles. The quantitative estimate of drug-likeness (QED) is 0.831. The number of hydrogen-bond acceptors (Lipinski definition) is 2. The van der Waals surface area contributed by atoms with Crippen molar-refractivity contribution in [3.05, 3.63) is 30.0 Å². The Labute approximate surface area is 101 Å². The molecule has 3 nitrogen and oxygen atoms in total. The fourth-order valence-electron chi connectivity index (χ4n) is 1.93. The van der Waals surface area contributed by atoms with Crippen LogP contribution in [0.15, 0.2) is 24.4 Å². The Morgan fingerprint density at radius 3 is 2.88 bits per heavy atom. The molecule has 3 heteroatoms. The van der Waals surface area contributed by atoms with Gasteiger partial charge < -0.3 is 14.8 Å². The van der Waals surface area contributed by atoms with Crippen LogP contribution in [0.1, 0.15) is 38.4 Å². The molecule has 0 saturated carbocycles. The van der Waals surface area contributed by atoms with E-state index in [9.17, 15) is 5.11 Å². The SMILES string of the molecule is CCCOc1ccc2[nH]cc([C@@H](O)CC)c2c1. The summed E-state index contributed by atoms with van der Waals surface area (Å²) in [5.41, 5.74) is 1.99. The smallest absolute Gasteiger partial charge is 0.120 e. The molecule has 0 saturated heterocycles. The number of fused-ring (bicyclic) bond motifs is 1. The minimum atomic E-state index is -0.412. The van der Waals surface area contributed by atoms with Crippen LogP contribution in [0.3, 0.4) is 0 Å². The first-order valence-electron chi connectivity index (χ1n) is 6.18. The van der Waals surface area contributed by atoms with Crippen LogP contribution in [0, 0.1) is 0 Å².